The van der Waals surface area contributed by atoms with Gasteiger partial charge >= 0.3 is 0 Å². The zero-order valence-electron chi connectivity index (χ0n) is 24.0. The predicted octanol–water partition coefficient (Wildman–Crippen LogP) is 3.95. The van der Waals surface area contributed by atoms with Crippen molar-refractivity contribution in [1.29, 1.82) is 0 Å². The van der Waals surface area contributed by atoms with Crippen molar-refractivity contribution in [2.75, 3.05) is 65.8 Å². The Balaban J connectivity index is 1.47. The lowest BCUT2D eigenvalue weighted by molar-refractivity contribution is -0.119. The Bertz CT molecular complexity index is 1570. The van der Waals surface area contributed by atoms with Crippen LogP contribution in [0.4, 0.5) is 11.4 Å². The summed E-state index contributed by atoms with van der Waals surface area (Å²) in [6.45, 7) is 4.09. The van der Waals surface area contributed by atoms with E-state index in [0.717, 1.165) is 37.4 Å². The van der Waals surface area contributed by atoms with Gasteiger partial charge in [-0.2, -0.15) is 0 Å². The van der Waals surface area contributed by atoms with Crippen molar-refractivity contribution in [3.63, 3.8) is 0 Å². The van der Waals surface area contributed by atoms with Crippen molar-refractivity contribution in [3.8, 4) is 5.88 Å². The molecule has 0 radical (unpaired) electrons. The van der Waals surface area contributed by atoms with Crippen molar-refractivity contribution < 1.29 is 14.7 Å². The van der Waals surface area contributed by atoms with Crippen LogP contribution in [0.5, 0.6) is 5.88 Å². The molecule has 41 heavy (non-hydrogen) atoms. The molecule has 3 aromatic carbocycles. The standard InChI is InChI=1S/C32H36N6O3/c1-35(2)32(41)23-10-15-27-26(20-23)29(31(40)34-27)30(22-8-6-5-7-9-22)33-24-11-13-25(14-12-24)37(4)28(39)21-38-18-16-36(3)17-19-38/h5-15,20,34,40H,16-19,21H2,1-4H3. The smallest absolute Gasteiger partial charge is 0.253 e. The number of fused-ring (bicyclic) bond motifs is 1. The molecule has 1 aliphatic rings. The number of benzene rings is 3. The summed E-state index contributed by atoms with van der Waals surface area (Å²) in [5, 5.41) is 11.7. The van der Waals surface area contributed by atoms with Crippen molar-refractivity contribution >= 4 is 39.8 Å². The summed E-state index contributed by atoms with van der Waals surface area (Å²) in [5.74, 6) is -0.107. The molecule has 0 bridgehead atoms. The highest BCUT2D eigenvalue weighted by Gasteiger charge is 2.22. The molecule has 9 heteroatoms. The minimum atomic E-state index is -0.126. The van der Waals surface area contributed by atoms with Crippen LogP contribution in [-0.2, 0) is 4.79 Å². The van der Waals surface area contributed by atoms with E-state index in [-0.39, 0.29) is 17.7 Å². The van der Waals surface area contributed by atoms with Crippen LogP contribution >= 0.6 is 0 Å². The molecular weight excluding hydrogens is 516 g/mol. The first-order valence-corrected chi connectivity index (χ1v) is 13.7. The maximum atomic E-state index is 13.0. The SMILES string of the molecule is CN1CCN(CC(=O)N(C)c2ccc(N=C(c3ccccc3)c3c(O)[nH]c4ccc(C(=O)N(C)C)cc34)cc2)CC1. The molecule has 212 valence electrons. The highest BCUT2D eigenvalue weighted by Crippen LogP contribution is 2.33. The fraction of sp³-hybridized carbons (Fsp3) is 0.281. The topological polar surface area (TPSA) is 95.5 Å². The number of rotatable bonds is 7. The number of aromatic nitrogens is 1. The van der Waals surface area contributed by atoms with E-state index in [0.29, 0.717) is 40.0 Å². The predicted molar refractivity (Wildman–Crippen MR) is 164 cm³/mol. The molecule has 4 aromatic rings. The zero-order valence-corrected chi connectivity index (χ0v) is 24.0. The Labute approximate surface area is 240 Å². The van der Waals surface area contributed by atoms with E-state index in [1.54, 1.807) is 44.2 Å². The van der Waals surface area contributed by atoms with E-state index in [9.17, 15) is 14.7 Å². The quantitative estimate of drug-likeness (QED) is 0.339. The van der Waals surface area contributed by atoms with Gasteiger partial charge in [-0.3, -0.25) is 14.5 Å². The first-order chi connectivity index (χ1) is 19.7. The highest BCUT2D eigenvalue weighted by atomic mass is 16.3. The summed E-state index contributed by atoms with van der Waals surface area (Å²) in [4.78, 5) is 41.3. The zero-order chi connectivity index (χ0) is 29.1. The number of likely N-dealkylation sites (N-methyl/N-ethyl adjacent to an activating group) is 2. The summed E-state index contributed by atoms with van der Waals surface area (Å²) in [5.41, 5.74) is 4.57. The summed E-state index contributed by atoms with van der Waals surface area (Å²) in [6.07, 6.45) is 0. The van der Waals surface area contributed by atoms with Crippen molar-refractivity contribution in [3.05, 3.63) is 89.5 Å². The van der Waals surface area contributed by atoms with Gasteiger partial charge in [-0.1, -0.05) is 30.3 Å². The van der Waals surface area contributed by atoms with Gasteiger partial charge in [0.25, 0.3) is 5.91 Å². The minimum absolute atomic E-state index is 0.0251. The Morgan fingerprint density at radius 2 is 1.59 bits per heavy atom. The number of hydrogen-bond donors (Lipinski definition) is 2. The molecule has 0 saturated carbocycles. The van der Waals surface area contributed by atoms with Gasteiger partial charge in [-0.25, -0.2) is 4.99 Å². The second-order valence-corrected chi connectivity index (χ2v) is 10.7. The van der Waals surface area contributed by atoms with Crippen LogP contribution in [0.3, 0.4) is 0 Å². The molecule has 1 aliphatic heterocycles. The fourth-order valence-corrected chi connectivity index (χ4v) is 5.00. The number of piperazine rings is 1. The molecule has 1 fully saturated rings. The van der Waals surface area contributed by atoms with Gasteiger partial charge in [0.2, 0.25) is 5.91 Å². The average molecular weight is 553 g/mol. The third kappa shape index (κ3) is 6.16. The third-order valence-corrected chi connectivity index (χ3v) is 7.52. The molecule has 2 heterocycles. The largest absolute Gasteiger partial charge is 0.494 e. The number of amides is 2. The molecule has 0 unspecified atom stereocenters. The number of aliphatic imine (C=N–C) groups is 1. The number of aromatic hydroxyl groups is 1. The Morgan fingerprint density at radius 1 is 0.902 bits per heavy atom. The fourth-order valence-electron chi connectivity index (χ4n) is 5.00. The Hall–Kier alpha value is -4.47. The van der Waals surface area contributed by atoms with E-state index in [2.05, 4.69) is 21.8 Å². The number of nitrogens with one attached hydrogen (secondary N) is 1. The minimum Gasteiger partial charge on any atom is -0.494 e. The number of aromatic amines is 1. The summed E-state index contributed by atoms with van der Waals surface area (Å²) in [6, 6.07) is 22.4. The van der Waals surface area contributed by atoms with Crippen molar-refractivity contribution in [2.45, 2.75) is 0 Å². The molecule has 5 rings (SSSR count). The number of anilines is 1. The van der Waals surface area contributed by atoms with Crippen LogP contribution in [0.2, 0.25) is 0 Å². The molecular formula is C32H36N6O3. The lowest BCUT2D eigenvalue weighted by Gasteiger charge is -2.32. The van der Waals surface area contributed by atoms with E-state index in [4.69, 9.17) is 4.99 Å². The summed E-state index contributed by atoms with van der Waals surface area (Å²) >= 11 is 0. The maximum Gasteiger partial charge on any atom is 0.253 e. The second kappa shape index (κ2) is 12.0. The molecule has 2 N–H and O–H groups in total. The third-order valence-electron chi connectivity index (χ3n) is 7.52. The first kappa shape index (κ1) is 28.1. The summed E-state index contributed by atoms with van der Waals surface area (Å²) in [7, 11) is 7.31. The Kier molecular flexibility index (Phi) is 8.19. The van der Waals surface area contributed by atoms with Gasteiger partial charge in [0, 0.05) is 75.0 Å². The molecule has 2 amide bonds. The van der Waals surface area contributed by atoms with Gasteiger partial charge < -0.3 is 24.8 Å². The van der Waals surface area contributed by atoms with E-state index < -0.39 is 0 Å². The molecule has 1 saturated heterocycles. The number of carbonyl (C=O) groups is 2. The van der Waals surface area contributed by atoms with Crippen LogP contribution in [0.1, 0.15) is 21.5 Å². The monoisotopic (exact) mass is 552 g/mol. The highest BCUT2D eigenvalue weighted by molar-refractivity contribution is 6.22. The molecule has 1 aromatic heterocycles. The van der Waals surface area contributed by atoms with Crippen LogP contribution < -0.4 is 4.90 Å². The molecule has 0 aliphatic carbocycles. The van der Waals surface area contributed by atoms with Crippen molar-refractivity contribution in [2.24, 2.45) is 4.99 Å². The number of carbonyl (C=O) groups excluding carboxylic acids is 2. The Morgan fingerprint density at radius 3 is 2.24 bits per heavy atom. The van der Waals surface area contributed by atoms with Gasteiger partial charge in [0.1, 0.15) is 0 Å². The van der Waals surface area contributed by atoms with Crippen LogP contribution in [-0.4, -0.2) is 103 Å². The molecule has 0 spiro atoms. The van der Waals surface area contributed by atoms with E-state index >= 15 is 0 Å². The maximum absolute atomic E-state index is 13.0. The normalized spacial score (nSPS) is 14.8. The lowest BCUT2D eigenvalue weighted by Crippen LogP contribution is -2.48. The number of H-pyrrole nitrogens is 1. The van der Waals surface area contributed by atoms with E-state index in [1.807, 2.05) is 54.6 Å². The molecule has 0 atom stereocenters. The second-order valence-electron chi connectivity index (χ2n) is 10.7. The van der Waals surface area contributed by atoms with Gasteiger partial charge in [-0.05, 0) is 49.5 Å². The first-order valence-electron chi connectivity index (χ1n) is 13.7. The van der Waals surface area contributed by atoms with Gasteiger partial charge in [-0.15, -0.1) is 0 Å². The number of nitrogens with zero attached hydrogens (tertiary/aromatic N) is 5. The van der Waals surface area contributed by atoms with Crippen LogP contribution in [0.15, 0.2) is 77.8 Å². The van der Waals surface area contributed by atoms with Crippen molar-refractivity contribution in [1.82, 2.24) is 19.7 Å². The molecule has 9 nitrogen and oxygen atoms in total. The van der Waals surface area contributed by atoms with E-state index in [1.165, 1.54) is 4.90 Å². The summed E-state index contributed by atoms with van der Waals surface area (Å²) < 4.78 is 0. The van der Waals surface area contributed by atoms with Gasteiger partial charge in [0.15, 0.2) is 5.88 Å². The number of hydrogen-bond acceptors (Lipinski definition) is 6. The van der Waals surface area contributed by atoms with Crippen LogP contribution in [0, 0.1) is 0 Å². The average Bonchev–Trinajstić information content (AvgIpc) is 3.31. The van der Waals surface area contributed by atoms with Gasteiger partial charge in [0.05, 0.1) is 23.5 Å². The lowest BCUT2D eigenvalue weighted by atomic mass is 9.99. The van der Waals surface area contributed by atoms with Crippen LogP contribution in [0.25, 0.3) is 10.9 Å².